The van der Waals surface area contributed by atoms with Crippen molar-refractivity contribution in [2.45, 2.75) is 45.3 Å². The van der Waals surface area contributed by atoms with Crippen LogP contribution in [0.2, 0.25) is 0 Å². The first-order valence-corrected chi connectivity index (χ1v) is 11.5. The number of fused-ring (bicyclic) bond motifs is 3. The minimum absolute atomic E-state index is 0.0147. The number of hydrogen-bond donors (Lipinski definition) is 0. The summed E-state index contributed by atoms with van der Waals surface area (Å²) in [6.45, 7) is 1.93. The lowest BCUT2D eigenvalue weighted by Crippen LogP contribution is -2.25. The van der Waals surface area contributed by atoms with Crippen molar-refractivity contribution in [2.24, 2.45) is 0 Å². The first kappa shape index (κ1) is 20.1. The summed E-state index contributed by atoms with van der Waals surface area (Å²) < 4.78 is 15.2. The van der Waals surface area contributed by atoms with Gasteiger partial charge in [-0.1, -0.05) is 42.5 Å². The fraction of sp³-hybridized carbons (Fsp3) is 0.280. The molecular weight excluding hydrogens is 409 g/mol. The molecule has 6 heteroatoms. The minimum Gasteiger partial charge on any atom is -0.289 e. The number of nitrogens with zero attached hydrogens (tertiary/aromatic N) is 3. The Morgan fingerprint density at radius 1 is 0.935 bits per heavy atom. The van der Waals surface area contributed by atoms with Crippen molar-refractivity contribution in [3.8, 4) is 0 Å². The SMILES string of the molecule is O=c1cc(CN(Cc2ccccc2)Cc2ccc(F)cc2)nc2sc3c(n12)CCCC3. The molecule has 2 aromatic carbocycles. The van der Waals surface area contributed by atoms with Crippen LogP contribution in [0, 0.1) is 5.82 Å². The largest absolute Gasteiger partial charge is 0.289 e. The molecule has 2 aromatic heterocycles. The molecule has 0 saturated heterocycles. The van der Waals surface area contributed by atoms with Gasteiger partial charge in [-0.3, -0.25) is 14.1 Å². The Morgan fingerprint density at radius 2 is 1.65 bits per heavy atom. The molecule has 0 N–H and O–H groups in total. The van der Waals surface area contributed by atoms with Gasteiger partial charge in [0, 0.05) is 36.3 Å². The molecule has 1 aliphatic carbocycles. The van der Waals surface area contributed by atoms with Crippen LogP contribution < -0.4 is 5.56 Å². The molecule has 0 fully saturated rings. The van der Waals surface area contributed by atoms with Gasteiger partial charge in [0.1, 0.15) is 5.82 Å². The number of aryl methyl sites for hydroxylation is 2. The lowest BCUT2D eigenvalue weighted by Gasteiger charge is -2.22. The molecular formula is C25H24FN3OS. The standard InChI is InChI=1S/C25H24FN3OS/c26-20-12-10-19(11-13-20)16-28(15-18-6-2-1-3-7-18)17-21-14-24(30)29-22-8-4-5-9-23(22)31-25(29)27-21/h1-3,6-7,10-14H,4-5,8-9,15-17H2. The third-order valence-electron chi connectivity index (χ3n) is 5.77. The van der Waals surface area contributed by atoms with Gasteiger partial charge in [0.2, 0.25) is 0 Å². The van der Waals surface area contributed by atoms with Crippen LogP contribution in [0.15, 0.2) is 65.5 Å². The van der Waals surface area contributed by atoms with Crippen molar-refractivity contribution in [3.63, 3.8) is 0 Å². The highest BCUT2D eigenvalue weighted by molar-refractivity contribution is 7.17. The van der Waals surface area contributed by atoms with E-state index in [0.717, 1.165) is 47.7 Å². The summed E-state index contributed by atoms with van der Waals surface area (Å²) in [5, 5.41) is 0. The van der Waals surface area contributed by atoms with Gasteiger partial charge in [0.25, 0.3) is 5.56 Å². The highest BCUT2D eigenvalue weighted by Crippen LogP contribution is 2.28. The van der Waals surface area contributed by atoms with Crippen LogP contribution in [0.5, 0.6) is 0 Å². The van der Waals surface area contributed by atoms with Gasteiger partial charge in [-0.2, -0.15) is 0 Å². The van der Waals surface area contributed by atoms with Crippen molar-refractivity contribution in [1.82, 2.24) is 14.3 Å². The molecule has 0 radical (unpaired) electrons. The fourth-order valence-electron chi connectivity index (χ4n) is 4.31. The molecule has 4 nitrogen and oxygen atoms in total. The predicted molar refractivity (Wildman–Crippen MR) is 122 cm³/mol. The van der Waals surface area contributed by atoms with Gasteiger partial charge >= 0.3 is 0 Å². The zero-order valence-corrected chi connectivity index (χ0v) is 18.1. The number of hydrogen-bond acceptors (Lipinski definition) is 4. The second kappa shape index (κ2) is 8.73. The summed E-state index contributed by atoms with van der Waals surface area (Å²) in [5.41, 5.74) is 4.17. The molecule has 5 rings (SSSR count). The molecule has 0 amide bonds. The zero-order valence-electron chi connectivity index (χ0n) is 17.3. The smallest absolute Gasteiger partial charge is 0.259 e. The molecule has 0 bridgehead atoms. The first-order valence-electron chi connectivity index (χ1n) is 10.7. The minimum atomic E-state index is -0.236. The Balaban J connectivity index is 1.45. The molecule has 0 spiro atoms. The van der Waals surface area contributed by atoms with Crippen LogP contribution in [0.4, 0.5) is 4.39 Å². The van der Waals surface area contributed by atoms with E-state index in [1.54, 1.807) is 17.4 Å². The van der Waals surface area contributed by atoms with E-state index in [0.29, 0.717) is 13.1 Å². The number of halogens is 1. The highest BCUT2D eigenvalue weighted by Gasteiger charge is 2.19. The van der Waals surface area contributed by atoms with Crippen molar-refractivity contribution in [3.05, 3.63) is 104 Å². The summed E-state index contributed by atoms with van der Waals surface area (Å²) in [6, 6.07) is 18.5. The number of rotatable bonds is 6. The number of benzene rings is 2. The van der Waals surface area contributed by atoms with Gasteiger partial charge in [-0.15, -0.1) is 11.3 Å². The summed E-state index contributed by atoms with van der Waals surface area (Å²) in [5.74, 6) is -0.236. The van der Waals surface area contributed by atoms with E-state index in [9.17, 15) is 9.18 Å². The Hall–Kier alpha value is -2.83. The van der Waals surface area contributed by atoms with Crippen LogP contribution in [0.25, 0.3) is 4.96 Å². The van der Waals surface area contributed by atoms with Crippen LogP contribution in [-0.2, 0) is 32.5 Å². The van der Waals surface area contributed by atoms with E-state index in [1.807, 2.05) is 34.7 Å². The van der Waals surface area contributed by atoms with E-state index >= 15 is 0 Å². The molecule has 31 heavy (non-hydrogen) atoms. The molecule has 4 aromatic rings. The van der Waals surface area contributed by atoms with Crippen LogP contribution in [0.3, 0.4) is 0 Å². The van der Waals surface area contributed by atoms with Gasteiger partial charge in [-0.25, -0.2) is 9.37 Å². The zero-order chi connectivity index (χ0) is 21.2. The maximum atomic E-state index is 13.3. The van der Waals surface area contributed by atoms with Gasteiger partial charge < -0.3 is 0 Å². The topological polar surface area (TPSA) is 37.6 Å². The van der Waals surface area contributed by atoms with Crippen molar-refractivity contribution in [2.75, 3.05) is 0 Å². The molecule has 0 saturated carbocycles. The Kier molecular flexibility index (Phi) is 5.66. The quantitative estimate of drug-likeness (QED) is 0.431. The van der Waals surface area contributed by atoms with E-state index in [2.05, 4.69) is 17.0 Å². The number of aromatic nitrogens is 2. The van der Waals surface area contributed by atoms with Crippen LogP contribution in [0.1, 0.15) is 40.2 Å². The van der Waals surface area contributed by atoms with Gasteiger partial charge in [0.15, 0.2) is 4.96 Å². The van der Waals surface area contributed by atoms with E-state index in [4.69, 9.17) is 4.98 Å². The normalized spacial score (nSPS) is 13.6. The average Bonchev–Trinajstić information content (AvgIpc) is 3.15. The molecule has 158 valence electrons. The summed E-state index contributed by atoms with van der Waals surface area (Å²) in [4.78, 5) is 22.1. The maximum absolute atomic E-state index is 13.3. The fourth-order valence-corrected chi connectivity index (χ4v) is 5.54. The molecule has 0 unspecified atom stereocenters. The average molecular weight is 434 g/mol. The lowest BCUT2D eigenvalue weighted by atomic mass is 10.0. The number of thiazole rings is 1. The summed E-state index contributed by atoms with van der Waals surface area (Å²) >= 11 is 1.66. The third kappa shape index (κ3) is 4.45. The molecule has 0 atom stereocenters. The third-order valence-corrected chi connectivity index (χ3v) is 6.91. The molecule has 1 aliphatic rings. The second-order valence-electron chi connectivity index (χ2n) is 8.14. The van der Waals surface area contributed by atoms with Crippen LogP contribution in [-0.4, -0.2) is 14.3 Å². The molecule has 0 aliphatic heterocycles. The summed E-state index contributed by atoms with van der Waals surface area (Å²) in [7, 11) is 0. The van der Waals surface area contributed by atoms with E-state index < -0.39 is 0 Å². The van der Waals surface area contributed by atoms with Crippen molar-refractivity contribution >= 4 is 16.3 Å². The second-order valence-corrected chi connectivity index (χ2v) is 9.20. The molecule has 2 heterocycles. The van der Waals surface area contributed by atoms with E-state index in [-0.39, 0.29) is 11.4 Å². The Morgan fingerprint density at radius 3 is 2.42 bits per heavy atom. The first-order chi connectivity index (χ1) is 15.2. The maximum Gasteiger partial charge on any atom is 0.259 e. The lowest BCUT2D eigenvalue weighted by molar-refractivity contribution is 0.244. The van der Waals surface area contributed by atoms with Crippen molar-refractivity contribution < 1.29 is 4.39 Å². The summed E-state index contributed by atoms with van der Waals surface area (Å²) in [6.07, 6.45) is 4.32. The monoisotopic (exact) mass is 433 g/mol. The highest BCUT2D eigenvalue weighted by atomic mass is 32.1. The van der Waals surface area contributed by atoms with Gasteiger partial charge in [-0.05, 0) is 48.9 Å². The predicted octanol–water partition coefficient (Wildman–Crippen LogP) is 4.98. The van der Waals surface area contributed by atoms with Crippen LogP contribution >= 0.6 is 11.3 Å². The Labute approximate surface area is 184 Å². The van der Waals surface area contributed by atoms with Crippen molar-refractivity contribution in [1.29, 1.82) is 0 Å². The van der Waals surface area contributed by atoms with Gasteiger partial charge in [0.05, 0.1) is 5.69 Å². The Bertz CT molecular complexity index is 1250. The van der Waals surface area contributed by atoms with E-state index in [1.165, 1.54) is 29.0 Å².